The summed E-state index contributed by atoms with van der Waals surface area (Å²) in [6.45, 7) is 4.45. The van der Waals surface area contributed by atoms with Gasteiger partial charge in [0.25, 0.3) is 5.69 Å². The Hall–Kier alpha value is -3.33. The summed E-state index contributed by atoms with van der Waals surface area (Å²) in [4.78, 5) is 39.2. The number of carboxylic acid groups (broad SMARTS) is 1. The maximum absolute atomic E-state index is 12.7. The SMILES string of the molecule is CCC(O)COC(=O)c1c(C)nc(C)c(C(=O)O)c1-c1cccc([N+](=O)[O-])c1. The van der Waals surface area contributed by atoms with Gasteiger partial charge >= 0.3 is 11.9 Å². The smallest absolute Gasteiger partial charge is 0.340 e. The minimum Gasteiger partial charge on any atom is -0.478 e. The van der Waals surface area contributed by atoms with Crippen LogP contribution < -0.4 is 0 Å². The molecule has 1 aromatic heterocycles. The van der Waals surface area contributed by atoms with Gasteiger partial charge in [0, 0.05) is 17.7 Å². The van der Waals surface area contributed by atoms with E-state index in [1.165, 1.54) is 38.1 Å². The molecule has 148 valence electrons. The highest BCUT2D eigenvalue weighted by Gasteiger charge is 2.28. The number of nitro benzene ring substituents is 1. The Morgan fingerprint density at radius 3 is 2.46 bits per heavy atom. The first-order valence-electron chi connectivity index (χ1n) is 8.51. The number of aromatic carboxylic acids is 1. The number of hydrogen-bond acceptors (Lipinski definition) is 7. The van der Waals surface area contributed by atoms with Gasteiger partial charge in [-0.1, -0.05) is 19.1 Å². The number of carbonyl (C=O) groups excluding carboxylic acids is 1. The molecule has 0 bridgehead atoms. The molecule has 0 aliphatic carbocycles. The Bertz CT molecular complexity index is 940. The summed E-state index contributed by atoms with van der Waals surface area (Å²) in [6.07, 6.45) is -0.487. The third-order valence-electron chi connectivity index (χ3n) is 4.20. The predicted molar refractivity (Wildman–Crippen MR) is 99.3 cm³/mol. The lowest BCUT2D eigenvalue weighted by molar-refractivity contribution is -0.384. The molecule has 0 aliphatic rings. The summed E-state index contributed by atoms with van der Waals surface area (Å²) in [6, 6.07) is 5.34. The minimum atomic E-state index is -1.32. The van der Waals surface area contributed by atoms with Crippen molar-refractivity contribution >= 4 is 17.6 Å². The van der Waals surface area contributed by atoms with Crippen LogP contribution in [0.15, 0.2) is 24.3 Å². The second kappa shape index (κ2) is 8.57. The quantitative estimate of drug-likeness (QED) is 0.419. The van der Waals surface area contributed by atoms with Crippen LogP contribution in [0, 0.1) is 24.0 Å². The fraction of sp³-hybridized carbons (Fsp3) is 0.316. The zero-order valence-electron chi connectivity index (χ0n) is 15.6. The Kier molecular flexibility index (Phi) is 6.42. The van der Waals surface area contributed by atoms with Gasteiger partial charge in [0.15, 0.2) is 0 Å². The number of carbonyl (C=O) groups is 2. The van der Waals surface area contributed by atoms with Gasteiger partial charge in [-0.3, -0.25) is 15.1 Å². The van der Waals surface area contributed by atoms with Crippen molar-refractivity contribution in [3.63, 3.8) is 0 Å². The molecule has 0 spiro atoms. The van der Waals surface area contributed by atoms with Crippen LogP contribution in [0.25, 0.3) is 11.1 Å². The molecule has 9 nitrogen and oxygen atoms in total. The number of aryl methyl sites for hydroxylation is 2. The number of nitrogens with zero attached hydrogens (tertiary/aromatic N) is 2. The van der Waals surface area contributed by atoms with E-state index in [2.05, 4.69) is 4.98 Å². The first kappa shape index (κ1) is 21.0. The highest BCUT2D eigenvalue weighted by atomic mass is 16.6. The molecule has 1 heterocycles. The summed E-state index contributed by atoms with van der Waals surface area (Å²) < 4.78 is 5.12. The van der Waals surface area contributed by atoms with Crippen molar-refractivity contribution in [3.8, 4) is 11.1 Å². The fourth-order valence-corrected chi connectivity index (χ4v) is 2.79. The number of pyridine rings is 1. The van der Waals surface area contributed by atoms with Gasteiger partial charge < -0.3 is 14.9 Å². The lowest BCUT2D eigenvalue weighted by Gasteiger charge is -2.17. The van der Waals surface area contributed by atoms with Gasteiger partial charge in [-0.05, 0) is 25.8 Å². The predicted octanol–water partition coefficient (Wildman–Crippen LogP) is 2.90. The molecule has 0 fully saturated rings. The van der Waals surface area contributed by atoms with Crippen LogP contribution in [0.3, 0.4) is 0 Å². The molecule has 1 atom stereocenters. The lowest BCUT2D eigenvalue weighted by atomic mass is 9.92. The van der Waals surface area contributed by atoms with Crippen LogP contribution in [0.2, 0.25) is 0 Å². The molecule has 28 heavy (non-hydrogen) atoms. The Balaban J connectivity index is 2.73. The van der Waals surface area contributed by atoms with Gasteiger partial charge in [0.05, 0.1) is 33.5 Å². The van der Waals surface area contributed by atoms with Crippen LogP contribution in [0.5, 0.6) is 0 Å². The Morgan fingerprint density at radius 1 is 1.25 bits per heavy atom. The van der Waals surface area contributed by atoms with E-state index in [0.29, 0.717) is 6.42 Å². The molecular weight excluding hydrogens is 368 g/mol. The zero-order chi connectivity index (χ0) is 21.0. The second-order valence-electron chi connectivity index (χ2n) is 6.18. The zero-order valence-corrected chi connectivity index (χ0v) is 15.6. The maximum Gasteiger partial charge on any atom is 0.340 e. The Labute approximate surface area is 160 Å². The Morgan fingerprint density at radius 2 is 1.89 bits per heavy atom. The molecule has 2 aromatic rings. The largest absolute Gasteiger partial charge is 0.478 e. The number of hydrogen-bond donors (Lipinski definition) is 2. The molecule has 1 aromatic carbocycles. The minimum absolute atomic E-state index is 0.00260. The highest BCUT2D eigenvalue weighted by Crippen LogP contribution is 2.33. The molecule has 2 rings (SSSR count). The number of aliphatic hydroxyl groups excluding tert-OH is 1. The van der Waals surface area contributed by atoms with Crippen molar-refractivity contribution in [1.82, 2.24) is 4.98 Å². The maximum atomic E-state index is 12.7. The van der Waals surface area contributed by atoms with Gasteiger partial charge in [-0.2, -0.15) is 0 Å². The van der Waals surface area contributed by atoms with Gasteiger partial charge in [0.2, 0.25) is 0 Å². The van der Waals surface area contributed by atoms with Crippen molar-refractivity contribution in [2.24, 2.45) is 0 Å². The van der Waals surface area contributed by atoms with Crippen LogP contribution in [0.4, 0.5) is 5.69 Å². The van der Waals surface area contributed by atoms with E-state index in [1.54, 1.807) is 6.92 Å². The van der Waals surface area contributed by atoms with E-state index in [1.807, 2.05) is 0 Å². The number of aliphatic hydroxyl groups is 1. The molecular formula is C19H20N2O7. The summed E-state index contributed by atoms with van der Waals surface area (Å²) >= 11 is 0. The number of non-ortho nitro benzene ring substituents is 1. The van der Waals surface area contributed by atoms with E-state index in [9.17, 15) is 29.9 Å². The van der Waals surface area contributed by atoms with Crippen molar-refractivity contribution in [1.29, 1.82) is 0 Å². The van der Waals surface area contributed by atoms with Crippen molar-refractivity contribution in [3.05, 3.63) is 56.9 Å². The number of benzene rings is 1. The second-order valence-corrected chi connectivity index (χ2v) is 6.18. The van der Waals surface area contributed by atoms with Crippen LogP contribution in [0.1, 0.15) is 45.4 Å². The summed E-state index contributed by atoms with van der Waals surface area (Å²) in [5, 5.41) is 30.4. The van der Waals surface area contributed by atoms with Crippen LogP contribution >= 0.6 is 0 Å². The molecule has 0 radical (unpaired) electrons. The molecule has 0 aliphatic heterocycles. The number of ether oxygens (including phenoxy) is 1. The number of aromatic nitrogens is 1. The van der Waals surface area contributed by atoms with Crippen LogP contribution in [-0.4, -0.2) is 44.8 Å². The lowest BCUT2D eigenvalue weighted by Crippen LogP contribution is -2.20. The summed E-state index contributed by atoms with van der Waals surface area (Å²) in [5.74, 6) is -2.18. The molecule has 0 saturated carbocycles. The van der Waals surface area contributed by atoms with E-state index >= 15 is 0 Å². The average Bonchev–Trinajstić information content (AvgIpc) is 2.64. The first-order valence-corrected chi connectivity index (χ1v) is 8.51. The monoisotopic (exact) mass is 388 g/mol. The van der Waals surface area contributed by atoms with Gasteiger partial charge in [-0.25, -0.2) is 9.59 Å². The van der Waals surface area contributed by atoms with Crippen molar-refractivity contribution < 1.29 is 29.5 Å². The van der Waals surface area contributed by atoms with Crippen molar-refractivity contribution in [2.45, 2.75) is 33.3 Å². The third-order valence-corrected chi connectivity index (χ3v) is 4.20. The topological polar surface area (TPSA) is 140 Å². The van der Waals surface area contributed by atoms with Crippen molar-refractivity contribution in [2.75, 3.05) is 6.61 Å². The third kappa shape index (κ3) is 4.32. The van der Waals surface area contributed by atoms with E-state index in [4.69, 9.17) is 4.74 Å². The van der Waals surface area contributed by atoms with Crippen LogP contribution in [-0.2, 0) is 4.74 Å². The number of carboxylic acids is 1. The highest BCUT2D eigenvalue weighted by molar-refractivity contribution is 6.06. The molecule has 1 unspecified atom stereocenters. The average molecular weight is 388 g/mol. The molecule has 0 amide bonds. The summed E-state index contributed by atoms with van der Waals surface area (Å²) in [5.41, 5.74) is -0.0282. The fourth-order valence-electron chi connectivity index (χ4n) is 2.79. The molecule has 2 N–H and O–H groups in total. The van der Waals surface area contributed by atoms with E-state index < -0.39 is 23.0 Å². The van der Waals surface area contributed by atoms with E-state index in [0.717, 1.165) is 0 Å². The number of esters is 1. The molecule has 0 saturated heterocycles. The number of nitro groups is 1. The normalized spacial score (nSPS) is 11.7. The first-order chi connectivity index (χ1) is 13.2. The standard InChI is InChI=1S/C19H20N2O7/c1-4-14(22)9-28-19(25)16-11(3)20-10(2)15(18(23)24)17(16)12-6-5-7-13(8-12)21(26)27/h5-8,14,22H,4,9H2,1-3H3,(H,23,24). The molecule has 9 heteroatoms. The van der Waals surface area contributed by atoms with Gasteiger partial charge in [0.1, 0.15) is 6.61 Å². The number of rotatable bonds is 7. The van der Waals surface area contributed by atoms with Gasteiger partial charge in [-0.15, -0.1) is 0 Å². The summed E-state index contributed by atoms with van der Waals surface area (Å²) in [7, 11) is 0. The van der Waals surface area contributed by atoms with E-state index in [-0.39, 0.29) is 45.9 Å².